The smallest absolute Gasteiger partial charge is 0.254 e. The number of halogens is 2. The zero-order valence-corrected chi connectivity index (χ0v) is 12.4. The van der Waals surface area contributed by atoms with Crippen LogP contribution >= 0.6 is 0 Å². The minimum atomic E-state index is -0.807. The van der Waals surface area contributed by atoms with Crippen LogP contribution in [0, 0.1) is 23.5 Å². The van der Waals surface area contributed by atoms with E-state index in [2.05, 4.69) is 5.32 Å². The van der Waals surface area contributed by atoms with Gasteiger partial charge in [0.05, 0.1) is 12.5 Å². The van der Waals surface area contributed by atoms with Crippen molar-refractivity contribution >= 4 is 11.8 Å². The molecule has 1 aromatic rings. The molecule has 5 nitrogen and oxygen atoms in total. The predicted octanol–water partition coefficient (Wildman–Crippen LogP) is 1.05. The first-order chi connectivity index (χ1) is 10.5. The molecule has 0 saturated carbocycles. The molecule has 1 saturated heterocycles. The number of amides is 2. The summed E-state index contributed by atoms with van der Waals surface area (Å²) in [6, 6.07) is 2.69. The number of nitrogens with one attached hydrogen (secondary N) is 1. The van der Waals surface area contributed by atoms with Crippen molar-refractivity contribution in [3.63, 3.8) is 0 Å². The van der Waals surface area contributed by atoms with Gasteiger partial charge in [-0.1, -0.05) is 0 Å². The summed E-state index contributed by atoms with van der Waals surface area (Å²) in [6.45, 7) is 0.840. The molecule has 0 aromatic heterocycles. The van der Waals surface area contributed by atoms with Gasteiger partial charge in [-0.2, -0.15) is 0 Å². The molecule has 1 fully saturated rings. The number of carbonyl (C=O) groups is 2. The molecule has 1 aromatic carbocycles. The van der Waals surface area contributed by atoms with E-state index in [9.17, 15) is 18.4 Å². The predicted molar refractivity (Wildman–Crippen MR) is 75.2 cm³/mol. The maximum absolute atomic E-state index is 13.2. The van der Waals surface area contributed by atoms with Gasteiger partial charge in [0.1, 0.15) is 11.6 Å². The fourth-order valence-corrected chi connectivity index (χ4v) is 2.76. The van der Waals surface area contributed by atoms with Crippen LogP contribution in [0.15, 0.2) is 18.2 Å². The molecule has 1 aliphatic heterocycles. The van der Waals surface area contributed by atoms with Gasteiger partial charge in [0.25, 0.3) is 5.91 Å². The number of nitrogens with zero attached hydrogens (tertiary/aromatic N) is 1. The van der Waals surface area contributed by atoms with Crippen LogP contribution in [-0.2, 0) is 9.53 Å². The third-order valence-electron chi connectivity index (χ3n) is 3.80. The van der Waals surface area contributed by atoms with E-state index in [-0.39, 0.29) is 23.9 Å². The summed E-state index contributed by atoms with van der Waals surface area (Å²) < 4.78 is 31.6. The Kier molecular flexibility index (Phi) is 5.07. The number of likely N-dealkylation sites (tertiary alicyclic amines) is 1. The second-order valence-electron chi connectivity index (χ2n) is 5.30. The average Bonchev–Trinajstić information content (AvgIpc) is 2.89. The van der Waals surface area contributed by atoms with Gasteiger partial charge < -0.3 is 15.0 Å². The summed E-state index contributed by atoms with van der Waals surface area (Å²) in [5, 5.41) is 2.56. The zero-order chi connectivity index (χ0) is 16.3. The molecule has 2 rings (SSSR count). The van der Waals surface area contributed by atoms with Gasteiger partial charge in [0.2, 0.25) is 5.91 Å². The van der Waals surface area contributed by atoms with Crippen molar-refractivity contribution in [2.75, 3.05) is 33.9 Å². The summed E-state index contributed by atoms with van der Waals surface area (Å²) in [5.41, 5.74) is -0.0637. The summed E-state index contributed by atoms with van der Waals surface area (Å²) in [6.07, 6.45) is 0. The summed E-state index contributed by atoms with van der Waals surface area (Å²) in [4.78, 5) is 25.7. The maximum Gasteiger partial charge on any atom is 0.254 e. The van der Waals surface area contributed by atoms with Crippen LogP contribution in [0.25, 0.3) is 0 Å². The van der Waals surface area contributed by atoms with Crippen molar-refractivity contribution in [1.29, 1.82) is 0 Å². The Bertz CT molecular complexity index is 560. The van der Waals surface area contributed by atoms with Crippen LogP contribution < -0.4 is 5.32 Å². The van der Waals surface area contributed by atoms with Gasteiger partial charge in [0, 0.05) is 44.8 Å². The van der Waals surface area contributed by atoms with Crippen LogP contribution in [0.4, 0.5) is 8.78 Å². The molecular formula is C15H18F2N2O3. The third kappa shape index (κ3) is 3.41. The van der Waals surface area contributed by atoms with Gasteiger partial charge in [-0.05, 0) is 12.1 Å². The highest BCUT2D eigenvalue weighted by atomic mass is 19.1. The lowest BCUT2D eigenvalue weighted by Crippen LogP contribution is -2.34. The normalized spacial score (nSPS) is 21.0. The van der Waals surface area contributed by atoms with Crippen molar-refractivity contribution in [2.24, 2.45) is 11.8 Å². The zero-order valence-electron chi connectivity index (χ0n) is 12.4. The summed E-state index contributed by atoms with van der Waals surface area (Å²) >= 11 is 0. The quantitative estimate of drug-likeness (QED) is 0.904. The number of ether oxygens (including phenoxy) is 1. The number of rotatable bonds is 4. The molecule has 1 N–H and O–H groups in total. The van der Waals surface area contributed by atoms with Gasteiger partial charge in [-0.25, -0.2) is 8.78 Å². The fraction of sp³-hybridized carbons (Fsp3) is 0.467. The first-order valence-electron chi connectivity index (χ1n) is 6.92. The molecule has 0 radical (unpaired) electrons. The molecule has 22 heavy (non-hydrogen) atoms. The second kappa shape index (κ2) is 6.83. The van der Waals surface area contributed by atoms with Crippen molar-refractivity contribution < 1.29 is 23.1 Å². The Labute approximate surface area is 127 Å². The highest BCUT2D eigenvalue weighted by Gasteiger charge is 2.39. The van der Waals surface area contributed by atoms with Gasteiger partial charge in [-0.3, -0.25) is 9.59 Å². The first kappa shape index (κ1) is 16.4. The van der Waals surface area contributed by atoms with Gasteiger partial charge >= 0.3 is 0 Å². The molecule has 0 unspecified atom stereocenters. The standard InChI is InChI=1S/C15H18F2N2O3/c1-18-14(20)13-7-19(6-10(13)8-22-2)15(21)9-3-11(16)5-12(17)4-9/h3-5,10,13H,6-8H2,1-2H3,(H,18,20)/t10-,13+/m0/s1. The van der Waals surface area contributed by atoms with Crippen LogP contribution in [0.1, 0.15) is 10.4 Å². The number of hydrogen-bond acceptors (Lipinski definition) is 3. The van der Waals surface area contributed by atoms with E-state index in [1.807, 2.05) is 0 Å². The lowest BCUT2D eigenvalue weighted by Gasteiger charge is -2.16. The Morgan fingerprint density at radius 1 is 1.27 bits per heavy atom. The SMILES string of the molecule is CNC(=O)[C@@H]1CN(C(=O)c2cc(F)cc(F)c2)C[C@H]1COC. The molecular weight excluding hydrogens is 294 g/mol. The van der Waals surface area contributed by atoms with E-state index in [0.29, 0.717) is 19.2 Å². The molecule has 1 heterocycles. The largest absolute Gasteiger partial charge is 0.384 e. The highest BCUT2D eigenvalue weighted by Crippen LogP contribution is 2.26. The van der Waals surface area contributed by atoms with Crippen LogP contribution in [0.2, 0.25) is 0 Å². The Hall–Kier alpha value is -2.02. The number of hydrogen-bond donors (Lipinski definition) is 1. The van der Waals surface area contributed by atoms with E-state index >= 15 is 0 Å². The van der Waals surface area contributed by atoms with Crippen LogP contribution in [0.3, 0.4) is 0 Å². The average molecular weight is 312 g/mol. The molecule has 0 aliphatic carbocycles. The topological polar surface area (TPSA) is 58.6 Å². The van der Waals surface area contributed by atoms with Crippen molar-refractivity contribution in [3.8, 4) is 0 Å². The second-order valence-corrected chi connectivity index (χ2v) is 5.30. The maximum atomic E-state index is 13.2. The Balaban J connectivity index is 2.18. The number of methoxy groups -OCH3 is 1. The molecule has 7 heteroatoms. The van der Waals surface area contributed by atoms with Crippen LogP contribution in [-0.4, -0.2) is 50.6 Å². The van der Waals surface area contributed by atoms with E-state index in [0.717, 1.165) is 12.1 Å². The van der Waals surface area contributed by atoms with Crippen molar-refractivity contribution in [2.45, 2.75) is 0 Å². The minimum absolute atomic E-state index is 0.0637. The molecule has 0 bridgehead atoms. The minimum Gasteiger partial charge on any atom is -0.384 e. The van der Waals surface area contributed by atoms with E-state index in [1.165, 1.54) is 19.1 Å². The van der Waals surface area contributed by atoms with E-state index in [1.54, 1.807) is 0 Å². The lowest BCUT2D eigenvalue weighted by atomic mass is 9.96. The number of carbonyl (C=O) groups excluding carboxylic acids is 2. The van der Waals surface area contributed by atoms with Gasteiger partial charge in [-0.15, -0.1) is 0 Å². The molecule has 2 amide bonds. The fourth-order valence-electron chi connectivity index (χ4n) is 2.76. The third-order valence-corrected chi connectivity index (χ3v) is 3.80. The number of benzene rings is 1. The Morgan fingerprint density at radius 3 is 2.45 bits per heavy atom. The molecule has 1 aliphatic rings. The summed E-state index contributed by atoms with van der Waals surface area (Å²) in [5.74, 6) is -2.83. The van der Waals surface area contributed by atoms with Gasteiger partial charge in [0.15, 0.2) is 0 Å². The van der Waals surface area contributed by atoms with Crippen molar-refractivity contribution in [3.05, 3.63) is 35.4 Å². The Morgan fingerprint density at radius 2 is 1.91 bits per heavy atom. The molecule has 2 atom stereocenters. The monoisotopic (exact) mass is 312 g/mol. The first-order valence-corrected chi connectivity index (χ1v) is 6.92. The lowest BCUT2D eigenvalue weighted by molar-refractivity contribution is -0.125. The highest BCUT2D eigenvalue weighted by molar-refractivity contribution is 5.95. The summed E-state index contributed by atoms with van der Waals surface area (Å²) in [7, 11) is 3.05. The molecule has 0 spiro atoms. The molecule has 120 valence electrons. The van der Waals surface area contributed by atoms with Crippen molar-refractivity contribution in [1.82, 2.24) is 10.2 Å². The van der Waals surface area contributed by atoms with Crippen LogP contribution in [0.5, 0.6) is 0 Å². The van der Waals surface area contributed by atoms with E-state index in [4.69, 9.17) is 4.74 Å². The van der Waals surface area contributed by atoms with E-state index < -0.39 is 23.5 Å².